The van der Waals surface area contributed by atoms with E-state index >= 15 is 0 Å². The zero-order valence-corrected chi connectivity index (χ0v) is 9.15. The van der Waals surface area contributed by atoms with Gasteiger partial charge in [-0.15, -0.1) is 0 Å². The van der Waals surface area contributed by atoms with Crippen molar-refractivity contribution in [3.63, 3.8) is 0 Å². The molecule has 1 aromatic heterocycles. The van der Waals surface area contributed by atoms with Crippen LogP contribution in [0, 0.1) is 0 Å². The molecule has 1 heterocycles. The summed E-state index contributed by atoms with van der Waals surface area (Å²) in [5, 5.41) is 4.36. The number of anilines is 1. The summed E-state index contributed by atoms with van der Waals surface area (Å²) in [6.07, 6.45) is 0. The molecule has 15 heavy (non-hydrogen) atoms. The normalized spacial score (nSPS) is 12.7. The molecule has 0 amide bonds. The molecule has 2 nitrogen and oxygen atoms in total. The summed E-state index contributed by atoms with van der Waals surface area (Å²) in [6, 6.07) is 3.41. The summed E-state index contributed by atoms with van der Waals surface area (Å²) in [5.41, 5.74) is 9.27. The van der Waals surface area contributed by atoms with Gasteiger partial charge in [0.25, 0.3) is 0 Å². The highest BCUT2D eigenvalue weighted by molar-refractivity contribution is 7.08. The van der Waals surface area contributed by atoms with Crippen LogP contribution in [0.15, 0.2) is 22.9 Å². The molecule has 4 heteroatoms. The zero-order valence-electron chi connectivity index (χ0n) is 7.58. The molecule has 0 saturated carbocycles. The predicted molar refractivity (Wildman–Crippen MR) is 62.6 cm³/mol. The van der Waals surface area contributed by atoms with Gasteiger partial charge in [0.2, 0.25) is 0 Å². The van der Waals surface area contributed by atoms with E-state index in [9.17, 15) is 4.79 Å². The lowest BCUT2D eigenvalue weighted by atomic mass is 10.1. The maximum absolute atomic E-state index is 12.0. The molecule has 1 aliphatic carbocycles. The van der Waals surface area contributed by atoms with Crippen molar-refractivity contribution < 1.29 is 4.79 Å². The van der Waals surface area contributed by atoms with Crippen molar-refractivity contribution in [1.29, 1.82) is 0 Å². The van der Waals surface area contributed by atoms with Crippen molar-refractivity contribution in [3.8, 4) is 11.1 Å². The van der Waals surface area contributed by atoms with Crippen LogP contribution in [0.1, 0.15) is 15.9 Å². The van der Waals surface area contributed by atoms with Gasteiger partial charge in [0.15, 0.2) is 5.78 Å². The number of halogens is 1. The minimum atomic E-state index is -0.0127. The summed E-state index contributed by atoms with van der Waals surface area (Å²) in [6.45, 7) is 0. The molecule has 0 aliphatic heterocycles. The molecule has 0 atom stereocenters. The van der Waals surface area contributed by atoms with Gasteiger partial charge in [-0.25, -0.2) is 0 Å². The summed E-state index contributed by atoms with van der Waals surface area (Å²) in [7, 11) is 0. The molecule has 0 spiro atoms. The molecule has 0 unspecified atom stereocenters. The minimum Gasteiger partial charge on any atom is -0.398 e. The molecule has 0 saturated heterocycles. The Hall–Kier alpha value is -1.32. The zero-order chi connectivity index (χ0) is 10.6. The Morgan fingerprint density at radius 3 is 2.67 bits per heavy atom. The fraction of sp³-hybridized carbons (Fsp3) is 0. The van der Waals surface area contributed by atoms with Gasteiger partial charge in [0, 0.05) is 32.8 Å². The third-order valence-corrected chi connectivity index (χ3v) is 3.65. The van der Waals surface area contributed by atoms with E-state index in [0.29, 0.717) is 16.3 Å². The Kier molecular flexibility index (Phi) is 1.69. The summed E-state index contributed by atoms with van der Waals surface area (Å²) in [4.78, 5) is 12.0. The fourth-order valence-electron chi connectivity index (χ4n) is 1.90. The Labute approximate surface area is 95.3 Å². The third-order valence-electron chi connectivity index (χ3n) is 2.59. The van der Waals surface area contributed by atoms with Crippen LogP contribution < -0.4 is 5.73 Å². The van der Waals surface area contributed by atoms with E-state index in [1.807, 2.05) is 10.8 Å². The number of fused-ring (bicyclic) bond motifs is 3. The highest BCUT2D eigenvalue weighted by Gasteiger charge is 2.31. The fourth-order valence-corrected chi connectivity index (χ4v) is 2.98. The molecule has 0 fully saturated rings. The highest BCUT2D eigenvalue weighted by Crippen LogP contribution is 2.44. The molecule has 2 aromatic rings. The van der Waals surface area contributed by atoms with Gasteiger partial charge in [-0.3, -0.25) is 4.79 Å². The number of hydrogen-bond acceptors (Lipinski definition) is 3. The average Bonchev–Trinajstić information content (AvgIpc) is 2.76. The quantitative estimate of drug-likeness (QED) is 0.608. The van der Waals surface area contributed by atoms with Crippen LogP contribution in [0.5, 0.6) is 0 Å². The predicted octanol–water partition coefficient (Wildman–Crippen LogP) is 3.20. The molecule has 2 N–H and O–H groups in total. The maximum Gasteiger partial charge on any atom is 0.197 e. The van der Waals surface area contributed by atoms with Crippen LogP contribution in [0.4, 0.5) is 5.69 Å². The van der Waals surface area contributed by atoms with E-state index in [2.05, 4.69) is 0 Å². The minimum absolute atomic E-state index is 0.0127. The Morgan fingerprint density at radius 2 is 1.87 bits per heavy atom. The Bertz CT molecular complexity index is 588. The topological polar surface area (TPSA) is 43.1 Å². The number of thiophene rings is 1. The first-order valence-electron chi connectivity index (χ1n) is 4.39. The number of carbonyl (C=O) groups is 1. The number of rotatable bonds is 0. The number of carbonyl (C=O) groups excluding carboxylic acids is 1. The van der Waals surface area contributed by atoms with Gasteiger partial charge in [-0.2, -0.15) is 11.3 Å². The lowest BCUT2D eigenvalue weighted by Gasteiger charge is -2.04. The molecule has 0 bridgehead atoms. The van der Waals surface area contributed by atoms with E-state index in [4.69, 9.17) is 17.3 Å². The smallest absolute Gasteiger partial charge is 0.197 e. The van der Waals surface area contributed by atoms with E-state index in [0.717, 1.165) is 16.7 Å². The van der Waals surface area contributed by atoms with Crippen LogP contribution >= 0.6 is 22.9 Å². The van der Waals surface area contributed by atoms with Gasteiger partial charge in [-0.1, -0.05) is 11.6 Å². The van der Waals surface area contributed by atoms with Crippen LogP contribution in [0.2, 0.25) is 5.02 Å². The SMILES string of the molecule is Nc1ccc(Cl)c2c1C(=O)c1cscc1-2. The van der Waals surface area contributed by atoms with Gasteiger partial charge in [-0.05, 0) is 17.5 Å². The van der Waals surface area contributed by atoms with Gasteiger partial charge in [0.05, 0.1) is 5.56 Å². The molecular weight excluding hydrogens is 230 g/mol. The van der Waals surface area contributed by atoms with E-state index in [1.54, 1.807) is 12.1 Å². The van der Waals surface area contributed by atoms with Crippen molar-refractivity contribution >= 4 is 34.4 Å². The highest BCUT2D eigenvalue weighted by atomic mass is 35.5. The molecular formula is C11H6ClNOS. The lowest BCUT2D eigenvalue weighted by Crippen LogP contribution is -2.00. The first kappa shape index (κ1) is 8.95. The van der Waals surface area contributed by atoms with Crippen molar-refractivity contribution in [2.75, 3.05) is 5.73 Å². The van der Waals surface area contributed by atoms with Gasteiger partial charge in [0.1, 0.15) is 0 Å². The third kappa shape index (κ3) is 1.02. The second-order valence-electron chi connectivity index (χ2n) is 3.41. The van der Waals surface area contributed by atoms with Crippen molar-refractivity contribution in [2.24, 2.45) is 0 Å². The first-order valence-corrected chi connectivity index (χ1v) is 5.71. The van der Waals surface area contributed by atoms with E-state index in [1.165, 1.54) is 11.3 Å². The number of nitrogens with two attached hydrogens (primary N) is 1. The summed E-state index contributed by atoms with van der Waals surface area (Å²) in [5.74, 6) is -0.0127. The average molecular weight is 236 g/mol. The molecule has 1 aromatic carbocycles. The Morgan fingerprint density at radius 1 is 1.13 bits per heavy atom. The standard InChI is InChI=1S/C11H6ClNOS/c12-7-1-2-8(13)10-9(7)5-3-15-4-6(5)11(10)14/h1-4H,13H2. The second kappa shape index (κ2) is 2.84. The van der Waals surface area contributed by atoms with Crippen LogP contribution in [-0.2, 0) is 0 Å². The van der Waals surface area contributed by atoms with Crippen LogP contribution in [0.25, 0.3) is 11.1 Å². The molecule has 1 aliphatic rings. The summed E-state index contributed by atoms with van der Waals surface area (Å²) < 4.78 is 0. The Balaban J connectivity index is 2.48. The maximum atomic E-state index is 12.0. The monoisotopic (exact) mass is 235 g/mol. The molecule has 3 rings (SSSR count). The first-order chi connectivity index (χ1) is 7.20. The van der Waals surface area contributed by atoms with E-state index in [-0.39, 0.29) is 5.78 Å². The van der Waals surface area contributed by atoms with Gasteiger partial charge >= 0.3 is 0 Å². The lowest BCUT2D eigenvalue weighted by molar-refractivity contribution is 0.104. The van der Waals surface area contributed by atoms with Crippen molar-refractivity contribution in [2.45, 2.75) is 0 Å². The largest absolute Gasteiger partial charge is 0.398 e. The van der Waals surface area contributed by atoms with Crippen LogP contribution in [0.3, 0.4) is 0 Å². The van der Waals surface area contributed by atoms with Crippen LogP contribution in [-0.4, -0.2) is 5.78 Å². The number of ketones is 1. The number of hydrogen-bond donors (Lipinski definition) is 1. The number of benzene rings is 1. The van der Waals surface area contributed by atoms with E-state index < -0.39 is 0 Å². The van der Waals surface area contributed by atoms with Crippen molar-refractivity contribution in [1.82, 2.24) is 0 Å². The number of nitrogen functional groups attached to an aromatic ring is 1. The molecule has 0 radical (unpaired) electrons. The second-order valence-corrected chi connectivity index (χ2v) is 4.57. The van der Waals surface area contributed by atoms with Crippen molar-refractivity contribution in [3.05, 3.63) is 39.0 Å². The summed E-state index contributed by atoms with van der Waals surface area (Å²) >= 11 is 7.59. The van der Waals surface area contributed by atoms with Gasteiger partial charge < -0.3 is 5.73 Å². The molecule has 74 valence electrons.